The third-order valence-corrected chi connectivity index (χ3v) is 5.63. The Bertz CT molecular complexity index is 881. The zero-order valence-electron chi connectivity index (χ0n) is 14.4. The number of rotatable bonds is 7. The van der Waals surface area contributed by atoms with Crippen LogP contribution < -0.4 is 5.32 Å². The molecule has 0 saturated heterocycles. The number of aromatic amines is 1. The maximum absolute atomic E-state index is 12.4. The monoisotopic (exact) mass is 372 g/mol. The van der Waals surface area contributed by atoms with Crippen LogP contribution in [0.2, 0.25) is 0 Å². The predicted molar refractivity (Wildman–Crippen MR) is 98.0 cm³/mol. The molecular weight excluding hydrogens is 352 g/mol. The summed E-state index contributed by atoms with van der Waals surface area (Å²) in [6.07, 6.45) is 10.5. The van der Waals surface area contributed by atoms with Crippen LogP contribution in [0.4, 0.5) is 5.69 Å². The van der Waals surface area contributed by atoms with E-state index in [1.807, 2.05) is 10.9 Å². The van der Waals surface area contributed by atoms with Crippen molar-refractivity contribution >= 4 is 22.9 Å². The van der Waals surface area contributed by atoms with Crippen LogP contribution in [0.1, 0.15) is 29.8 Å². The first-order valence-electron chi connectivity index (χ1n) is 8.45. The number of carbonyl (C=O) groups excluding carboxylic acids is 1. The van der Waals surface area contributed by atoms with Crippen molar-refractivity contribution in [1.29, 1.82) is 0 Å². The molecule has 1 aliphatic carbocycles. The average molecular weight is 372 g/mol. The summed E-state index contributed by atoms with van der Waals surface area (Å²) >= 11 is 1.41. The second kappa shape index (κ2) is 7.00. The lowest BCUT2D eigenvalue weighted by Gasteiger charge is -2.41. The van der Waals surface area contributed by atoms with Gasteiger partial charge in [-0.3, -0.25) is 14.6 Å². The SMILES string of the molecule is COCC1(Cn2cc(NC(=O)c3csc(-c4cn[nH]c4)n3)cn2)CCC1. The van der Waals surface area contributed by atoms with Gasteiger partial charge in [0.2, 0.25) is 0 Å². The minimum Gasteiger partial charge on any atom is -0.384 e. The van der Waals surface area contributed by atoms with Gasteiger partial charge in [0.05, 0.1) is 24.7 Å². The number of hydrogen-bond acceptors (Lipinski definition) is 6. The zero-order valence-corrected chi connectivity index (χ0v) is 15.3. The van der Waals surface area contributed by atoms with Gasteiger partial charge in [-0.25, -0.2) is 4.98 Å². The number of H-pyrrole nitrogens is 1. The number of nitrogens with one attached hydrogen (secondary N) is 2. The van der Waals surface area contributed by atoms with Gasteiger partial charge in [-0.1, -0.05) is 6.42 Å². The number of nitrogens with zero attached hydrogens (tertiary/aromatic N) is 4. The van der Waals surface area contributed by atoms with Crippen LogP contribution in [-0.2, 0) is 11.3 Å². The van der Waals surface area contributed by atoms with Gasteiger partial charge in [-0.05, 0) is 12.8 Å². The summed E-state index contributed by atoms with van der Waals surface area (Å²) in [5, 5.41) is 16.4. The fourth-order valence-electron chi connectivity index (χ4n) is 3.26. The normalized spacial score (nSPS) is 15.6. The Morgan fingerprint density at radius 2 is 2.35 bits per heavy atom. The molecule has 8 nitrogen and oxygen atoms in total. The molecule has 1 amide bonds. The molecule has 3 heterocycles. The Kier molecular flexibility index (Phi) is 4.56. The highest BCUT2D eigenvalue weighted by Crippen LogP contribution is 2.42. The molecule has 0 radical (unpaired) electrons. The zero-order chi connectivity index (χ0) is 18.0. The van der Waals surface area contributed by atoms with E-state index in [-0.39, 0.29) is 11.3 Å². The topological polar surface area (TPSA) is 97.7 Å². The lowest BCUT2D eigenvalue weighted by atomic mass is 9.69. The van der Waals surface area contributed by atoms with Gasteiger partial charge < -0.3 is 10.1 Å². The number of amides is 1. The number of hydrogen-bond donors (Lipinski definition) is 2. The Hall–Kier alpha value is -2.52. The summed E-state index contributed by atoms with van der Waals surface area (Å²) in [5.74, 6) is -0.245. The molecule has 0 bridgehead atoms. The summed E-state index contributed by atoms with van der Waals surface area (Å²) in [5.41, 5.74) is 2.09. The van der Waals surface area contributed by atoms with Gasteiger partial charge in [0.15, 0.2) is 0 Å². The molecule has 136 valence electrons. The van der Waals surface area contributed by atoms with E-state index >= 15 is 0 Å². The van der Waals surface area contributed by atoms with Crippen molar-refractivity contribution in [2.24, 2.45) is 5.41 Å². The maximum atomic E-state index is 12.4. The molecule has 0 spiro atoms. The van der Waals surface area contributed by atoms with Crippen LogP contribution in [0.3, 0.4) is 0 Å². The van der Waals surface area contributed by atoms with Gasteiger partial charge in [0.1, 0.15) is 10.7 Å². The maximum Gasteiger partial charge on any atom is 0.275 e. The van der Waals surface area contributed by atoms with E-state index in [1.165, 1.54) is 17.8 Å². The first-order chi connectivity index (χ1) is 12.7. The number of ether oxygens (including phenoxy) is 1. The smallest absolute Gasteiger partial charge is 0.275 e. The molecule has 1 saturated carbocycles. The largest absolute Gasteiger partial charge is 0.384 e. The van der Waals surface area contributed by atoms with Crippen molar-refractivity contribution < 1.29 is 9.53 Å². The molecular formula is C17H20N6O2S. The van der Waals surface area contributed by atoms with Crippen LogP contribution in [0.25, 0.3) is 10.6 Å². The fourth-order valence-corrected chi connectivity index (χ4v) is 4.04. The Balaban J connectivity index is 1.40. The van der Waals surface area contributed by atoms with Crippen LogP contribution in [0.15, 0.2) is 30.2 Å². The lowest BCUT2D eigenvalue weighted by Crippen LogP contribution is -2.38. The summed E-state index contributed by atoms with van der Waals surface area (Å²) in [6.45, 7) is 1.54. The molecule has 0 unspecified atom stereocenters. The molecule has 1 fully saturated rings. The van der Waals surface area contributed by atoms with Gasteiger partial charge in [0, 0.05) is 42.4 Å². The number of anilines is 1. The average Bonchev–Trinajstić information content (AvgIpc) is 3.34. The highest BCUT2D eigenvalue weighted by Gasteiger charge is 2.37. The molecule has 9 heteroatoms. The molecule has 3 aromatic rings. The van der Waals surface area contributed by atoms with Crippen LogP contribution >= 0.6 is 11.3 Å². The Labute approximate surface area is 154 Å². The molecule has 0 aliphatic heterocycles. The van der Waals surface area contributed by atoms with Gasteiger partial charge >= 0.3 is 0 Å². The highest BCUT2D eigenvalue weighted by molar-refractivity contribution is 7.13. The quantitative estimate of drug-likeness (QED) is 0.665. The molecule has 3 aromatic heterocycles. The number of carbonyl (C=O) groups is 1. The fraction of sp³-hybridized carbons (Fsp3) is 0.412. The third kappa shape index (κ3) is 3.40. The molecule has 4 rings (SSSR count). The van der Waals surface area contributed by atoms with E-state index in [1.54, 1.807) is 31.1 Å². The Morgan fingerprint density at radius 3 is 3.04 bits per heavy atom. The summed E-state index contributed by atoms with van der Waals surface area (Å²) < 4.78 is 7.24. The van der Waals surface area contributed by atoms with Crippen molar-refractivity contribution in [3.8, 4) is 10.6 Å². The highest BCUT2D eigenvalue weighted by atomic mass is 32.1. The van der Waals surface area contributed by atoms with Crippen LogP contribution in [0.5, 0.6) is 0 Å². The third-order valence-electron chi connectivity index (χ3n) is 4.74. The number of methoxy groups -OCH3 is 1. The van der Waals surface area contributed by atoms with Crippen LogP contribution in [0, 0.1) is 5.41 Å². The summed E-state index contributed by atoms with van der Waals surface area (Å²) in [4.78, 5) is 16.8. The van der Waals surface area contributed by atoms with Crippen LogP contribution in [-0.4, -0.2) is 44.6 Å². The minimum atomic E-state index is -0.245. The van der Waals surface area contributed by atoms with E-state index in [0.29, 0.717) is 11.4 Å². The minimum absolute atomic E-state index is 0.177. The summed E-state index contributed by atoms with van der Waals surface area (Å²) in [7, 11) is 1.74. The van der Waals surface area contributed by atoms with E-state index in [2.05, 4.69) is 25.6 Å². The van der Waals surface area contributed by atoms with E-state index in [0.717, 1.165) is 36.6 Å². The van der Waals surface area contributed by atoms with Gasteiger partial charge in [-0.2, -0.15) is 10.2 Å². The first-order valence-corrected chi connectivity index (χ1v) is 9.33. The van der Waals surface area contributed by atoms with Crippen molar-refractivity contribution in [3.05, 3.63) is 35.9 Å². The lowest BCUT2D eigenvalue weighted by molar-refractivity contribution is 0.000737. The molecule has 2 N–H and O–H groups in total. The second-order valence-electron chi connectivity index (χ2n) is 6.69. The molecule has 0 aromatic carbocycles. The number of aromatic nitrogens is 5. The first kappa shape index (κ1) is 16.9. The van der Waals surface area contributed by atoms with E-state index < -0.39 is 0 Å². The van der Waals surface area contributed by atoms with Crippen molar-refractivity contribution in [2.45, 2.75) is 25.8 Å². The molecule has 0 atom stereocenters. The molecule has 26 heavy (non-hydrogen) atoms. The van der Waals surface area contributed by atoms with Crippen molar-refractivity contribution in [3.63, 3.8) is 0 Å². The van der Waals surface area contributed by atoms with Gasteiger partial charge in [-0.15, -0.1) is 11.3 Å². The molecule has 1 aliphatic rings. The van der Waals surface area contributed by atoms with E-state index in [9.17, 15) is 4.79 Å². The summed E-state index contributed by atoms with van der Waals surface area (Å²) in [6, 6.07) is 0. The van der Waals surface area contributed by atoms with Gasteiger partial charge in [0.25, 0.3) is 5.91 Å². The second-order valence-corrected chi connectivity index (χ2v) is 7.55. The van der Waals surface area contributed by atoms with Crippen molar-refractivity contribution in [2.75, 3.05) is 19.0 Å². The van der Waals surface area contributed by atoms with E-state index in [4.69, 9.17) is 4.74 Å². The predicted octanol–water partition coefficient (Wildman–Crippen LogP) is 2.80. The Morgan fingerprint density at radius 1 is 1.46 bits per heavy atom. The number of thiazole rings is 1. The van der Waals surface area contributed by atoms with Crippen molar-refractivity contribution in [1.82, 2.24) is 25.0 Å². The standard InChI is InChI=1S/C17H20N6O2S/c1-25-11-17(3-2-4-17)10-23-8-13(7-20-23)21-15(24)14-9-26-16(22-14)12-5-18-19-6-12/h5-9H,2-4,10-11H2,1H3,(H,18,19)(H,21,24).